The molecule has 21 heavy (non-hydrogen) atoms. The van der Waals surface area contributed by atoms with E-state index in [1.165, 1.54) is 12.1 Å². The van der Waals surface area contributed by atoms with Gasteiger partial charge in [-0.1, -0.05) is 19.1 Å². The second-order valence-electron chi connectivity index (χ2n) is 5.92. The van der Waals surface area contributed by atoms with Gasteiger partial charge in [0, 0.05) is 19.0 Å². The molecule has 1 aromatic rings. The Balaban J connectivity index is 1.93. The molecule has 0 saturated carbocycles. The Morgan fingerprint density at radius 3 is 2.38 bits per heavy atom. The molecule has 0 aromatic heterocycles. The molecule has 116 valence electrons. The maximum Gasteiger partial charge on any atom is 0.238 e. The van der Waals surface area contributed by atoms with Gasteiger partial charge in [-0.25, -0.2) is 13.6 Å². The van der Waals surface area contributed by atoms with Crippen LogP contribution in [0.1, 0.15) is 32.3 Å². The third kappa shape index (κ3) is 4.04. The Bertz CT molecular complexity index is 610. The maximum atomic E-state index is 12.2. The van der Waals surface area contributed by atoms with Crippen molar-refractivity contribution in [3.8, 4) is 0 Å². The minimum atomic E-state index is -3.65. The fourth-order valence-corrected chi connectivity index (χ4v) is 3.40. The number of hydrogen-bond acceptors (Lipinski definition) is 3. The number of amides is 1. The minimum absolute atomic E-state index is 0.0968. The third-order valence-electron chi connectivity index (χ3n) is 3.98. The third-order valence-corrected chi connectivity index (χ3v) is 4.91. The normalized spacial score (nSPS) is 22.5. The van der Waals surface area contributed by atoms with E-state index in [2.05, 4.69) is 13.8 Å². The molecule has 0 spiro atoms. The number of nitrogens with two attached hydrogens (primary N) is 1. The van der Waals surface area contributed by atoms with Crippen molar-refractivity contribution in [1.82, 2.24) is 4.90 Å². The maximum absolute atomic E-state index is 12.2. The summed E-state index contributed by atoms with van der Waals surface area (Å²) >= 11 is 0. The van der Waals surface area contributed by atoms with Gasteiger partial charge in [0.05, 0.1) is 4.90 Å². The molecular formula is C15H22N2O3S. The number of benzene rings is 1. The van der Waals surface area contributed by atoms with Gasteiger partial charge in [-0.2, -0.15) is 0 Å². The van der Waals surface area contributed by atoms with Crippen LogP contribution in [-0.2, 0) is 21.2 Å². The van der Waals surface area contributed by atoms with Crippen molar-refractivity contribution >= 4 is 15.9 Å². The van der Waals surface area contributed by atoms with E-state index in [9.17, 15) is 13.2 Å². The Morgan fingerprint density at radius 2 is 1.90 bits per heavy atom. The summed E-state index contributed by atoms with van der Waals surface area (Å²) in [6.45, 7) is 5.09. The number of primary sulfonamides is 1. The van der Waals surface area contributed by atoms with Crippen LogP contribution in [0.4, 0.5) is 0 Å². The van der Waals surface area contributed by atoms with Crippen molar-refractivity contribution in [1.29, 1.82) is 0 Å². The van der Waals surface area contributed by atoms with Crippen LogP contribution in [0.25, 0.3) is 0 Å². The Labute approximate surface area is 126 Å². The van der Waals surface area contributed by atoms with Crippen LogP contribution in [0.2, 0.25) is 0 Å². The molecule has 1 aliphatic heterocycles. The molecule has 1 saturated heterocycles. The van der Waals surface area contributed by atoms with Gasteiger partial charge in [-0.05, 0) is 43.4 Å². The summed E-state index contributed by atoms with van der Waals surface area (Å²) in [6, 6.07) is 6.70. The largest absolute Gasteiger partial charge is 0.340 e. The second-order valence-corrected chi connectivity index (χ2v) is 7.49. The van der Waals surface area contributed by atoms with Crippen molar-refractivity contribution in [3.63, 3.8) is 0 Å². The lowest BCUT2D eigenvalue weighted by atomic mass is 10.1. The van der Waals surface area contributed by atoms with Crippen LogP contribution in [0.15, 0.2) is 29.2 Å². The predicted molar refractivity (Wildman–Crippen MR) is 81.1 cm³/mol. The first kappa shape index (κ1) is 16.0. The minimum Gasteiger partial charge on any atom is -0.340 e. The first-order valence-corrected chi connectivity index (χ1v) is 8.73. The van der Waals surface area contributed by atoms with Gasteiger partial charge in [0.15, 0.2) is 0 Å². The van der Waals surface area contributed by atoms with E-state index in [1.807, 2.05) is 4.90 Å². The van der Waals surface area contributed by atoms with Crippen LogP contribution in [0, 0.1) is 5.92 Å². The summed E-state index contributed by atoms with van der Waals surface area (Å²) in [7, 11) is -3.65. The fraction of sp³-hybridized carbons (Fsp3) is 0.533. The summed E-state index contributed by atoms with van der Waals surface area (Å²) in [5.74, 6) is 0.736. The van der Waals surface area contributed by atoms with Crippen molar-refractivity contribution < 1.29 is 13.2 Å². The smallest absolute Gasteiger partial charge is 0.238 e. The lowest BCUT2D eigenvalue weighted by Crippen LogP contribution is -2.34. The van der Waals surface area contributed by atoms with Gasteiger partial charge in [-0.3, -0.25) is 4.79 Å². The quantitative estimate of drug-likeness (QED) is 0.915. The van der Waals surface area contributed by atoms with E-state index >= 15 is 0 Å². The summed E-state index contributed by atoms with van der Waals surface area (Å²) in [5, 5.41) is 5.05. The van der Waals surface area contributed by atoms with E-state index in [0.29, 0.717) is 24.8 Å². The van der Waals surface area contributed by atoms with E-state index in [1.54, 1.807) is 12.1 Å². The molecule has 2 unspecified atom stereocenters. The fourth-order valence-electron chi connectivity index (χ4n) is 2.89. The zero-order valence-corrected chi connectivity index (χ0v) is 13.3. The number of nitrogens with zero attached hydrogens (tertiary/aromatic N) is 1. The van der Waals surface area contributed by atoms with Crippen LogP contribution in [-0.4, -0.2) is 31.8 Å². The second kappa shape index (κ2) is 6.15. The SMILES string of the molecule is CC1CC(C)N(C(=O)CCc2ccc(S(N)(=O)=O)cc2)C1. The van der Waals surface area contributed by atoms with Gasteiger partial charge >= 0.3 is 0 Å². The molecule has 1 amide bonds. The molecule has 1 aliphatic rings. The van der Waals surface area contributed by atoms with Crippen LogP contribution < -0.4 is 5.14 Å². The monoisotopic (exact) mass is 310 g/mol. The van der Waals surface area contributed by atoms with Crippen molar-refractivity contribution in [2.45, 2.75) is 44.0 Å². The highest BCUT2D eigenvalue weighted by Gasteiger charge is 2.29. The molecule has 5 nitrogen and oxygen atoms in total. The molecule has 2 N–H and O–H groups in total. The average molecular weight is 310 g/mol. The number of likely N-dealkylation sites (tertiary alicyclic amines) is 1. The van der Waals surface area contributed by atoms with Crippen molar-refractivity contribution in [3.05, 3.63) is 29.8 Å². The summed E-state index contributed by atoms with van der Waals surface area (Å²) < 4.78 is 22.3. The van der Waals surface area contributed by atoms with E-state index in [4.69, 9.17) is 5.14 Å². The van der Waals surface area contributed by atoms with Gasteiger partial charge in [-0.15, -0.1) is 0 Å². The molecule has 1 heterocycles. The highest BCUT2D eigenvalue weighted by Crippen LogP contribution is 2.23. The molecule has 1 aromatic carbocycles. The number of aryl methyl sites for hydroxylation is 1. The zero-order valence-electron chi connectivity index (χ0n) is 12.5. The Hall–Kier alpha value is -1.40. The highest BCUT2D eigenvalue weighted by molar-refractivity contribution is 7.89. The molecule has 0 radical (unpaired) electrons. The van der Waals surface area contributed by atoms with Crippen molar-refractivity contribution in [2.75, 3.05) is 6.54 Å². The molecular weight excluding hydrogens is 288 g/mol. The van der Waals surface area contributed by atoms with Gasteiger partial charge in [0.1, 0.15) is 0 Å². The van der Waals surface area contributed by atoms with Crippen LogP contribution in [0.3, 0.4) is 0 Å². The molecule has 0 bridgehead atoms. The molecule has 1 fully saturated rings. The lowest BCUT2D eigenvalue weighted by Gasteiger charge is -2.21. The summed E-state index contributed by atoms with van der Waals surface area (Å²) in [5.41, 5.74) is 0.940. The topological polar surface area (TPSA) is 80.5 Å². The number of hydrogen-bond donors (Lipinski definition) is 1. The van der Waals surface area contributed by atoms with Crippen LogP contribution >= 0.6 is 0 Å². The molecule has 2 atom stereocenters. The lowest BCUT2D eigenvalue weighted by molar-refractivity contribution is -0.131. The molecule has 6 heteroatoms. The van der Waals surface area contributed by atoms with Crippen LogP contribution in [0.5, 0.6) is 0 Å². The Morgan fingerprint density at radius 1 is 1.29 bits per heavy atom. The van der Waals surface area contributed by atoms with Gasteiger partial charge in [0.25, 0.3) is 0 Å². The zero-order chi connectivity index (χ0) is 15.6. The summed E-state index contributed by atoms with van der Waals surface area (Å²) in [4.78, 5) is 14.3. The van der Waals surface area contributed by atoms with E-state index < -0.39 is 10.0 Å². The molecule has 2 rings (SSSR count). The first-order valence-electron chi connectivity index (χ1n) is 7.18. The standard InChI is InChI=1S/C15H22N2O3S/c1-11-9-12(2)17(10-11)15(18)8-5-13-3-6-14(7-4-13)21(16,19)20/h3-4,6-7,11-12H,5,8-10H2,1-2H3,(H2,16,19,20). The summed E-state index contributed by atoms with van der Waals surface area (Å²) in [6.07, 6.45) is 2.13. The first-order chi connectivity index (χ1) is 9.77. The van der Waals surface area contributed by atoms with Gasteiger partial charge < -0.3 is 4.90 Å². The number of sulfonamides is 1. The predicted octanol–water partition coefficient (Wildman–Crippen LogP) is 1.52. The Kier molecular flexibility index (Phi) is 4.68. The molecule has 0 aliphatic carbocycles. The number of carbonyl (C=O) groups is 1. The van der Waals surface area contributed by atoms with Gasteiger partial charge in [0.2, 0.25) is 15.9 Å². The number of carbonyl (C=O) groups excluding carboxylic acids is 1. The van der Waals surface area contributed by atoms with E-state index in [-0.39, 0.29) is 10.8 Å². The number of rotatable bonds is 4. The van der Waals surface area contributed by atoms with E-state index in [0.717, 1.165) is 18.5 Å². The average Bonchev–Trinajstić information content (AvgIpc) is 2.74. The highest BCUT2D eigenvalue weighted by atomic mass is 32.2. The van der Waals surface area contributed by atoms with Crippen molar-refractivity contribution in [2.24, 2.45) is 11.1 Å².